The van der Waals surface area contributed by atoms with Crippen LogP contribution >= 0.6 is 11.6 Å². The first-order valence-corrected chi connectivity index (χ1v) is 10.7. The summed E-state index contributed by atoms with van der Waals surface area (Å²) in [6, 6.07) is 12.3. The maximum atomic E-state index is 12.7. The van der Waals surface area contributed by atoms with Gasteiger partial charge in [-0.1, -0.05) is 22.8 Å². The molecule has 0 spiro atoms. The van der Waals surface area contributed by atoms with Crippen LogP contribution in [-0.2, 0) is 6.54 Å². The van der Waals surface area contributed by atoms with Gasteiger partial charge in [-0.25, -0.2) is 0 Å². The second-order valence-electron chi connectivity index (χ2n) is 7.86. The number of nitrogens with two attached hydrogens (primary N) is 1. The number of nitrogens with zero attached hydrogens (tertiary/aromatic N) is 5. The van der Waals surface area contributed by atoms with Gasteiger partial charge in [0.15, 0.2) is 0 Å². The van der Waals surface area contributed by atoms with Crippen molar-refractivity contribution in [1.82, 2.24) is 24.8 Å². The third-order valence-corrected chi connectivity index (χ3v) is 6.02. The van der Waals surface area contributed by atoms with Crippen LogP contribution in [0.3, 0.4) is 0 Å². The van der Waals surface area contributed by atoms with Crippen molar-refractivity contribution in [1.29, 1.82) is 0 Å². The molecule has 3 heterocycles. The van der Waals surface area contributed by atoms with E-state index in [1.165, 1.54) is 4.90 Å². The highest BCUT2D eigenvalue weighted by Gasteiger charge is 2.38. The molecule has 164 valence electrons. The average Bonchev–Trinajstić information content (AvgIpc) is 3.35. The van der Waals surface area contributed by atoms with Crippen LogP contribution < -0.4 is 5.73 Å². The average molecular weight is 453 g/mol. The summed E-state index contributed by atoms with van der Waals surface area (Å²) in [5.74, 6) is 0.450. The molecule has 32 heavy (non-hydrogen) atoms. The van der Waals surface area contributed by atoms with Crippen molar-refractivity contribution < 1.29 is 14.1 Å². The lowest BCUT2D eigenvalue weighted by molar-refractivity contribution is 0.0438. The molecule has 2 aliphatic heterocycles. The second kappa shape index (κ2) is 8.34. The summed E-state index contributed by atoms with van der Waals surface area (Å²) in [5.41, 5.74) is 7.78. The molecule has 0 bridgehead atoms. The fraction of sp³-hybridized carbons (Fsp3) is 0.273. The minimum Gasteiger partial charge on any atom is -0.398 e. The van der Waals surface area contributed by atoms with E-state index in [9.17, 15) is 9.59 Å². The van der Waals surface area contributed by atoms with Gasteiger partial charge in [0.1, 0.15) is 0 Å². The zero-order valence-corrected chi connectivity index (χ0v) is 18.0. The molecular weight excluding hydrogens is 432 g/mol. The van der Waals surface area contributed by atoms with Crippen molar-refractivity contribution in [3.05, 3.63) is 64.5 Å². The number of carbonyl (C=O) groups excluding carboxylic acids is 2. The first-order chi connectivity index (χ1) is 15.5. The maximum absolute atomic E-state index is 12.7. The fourth-order valence-electron chi connectivity index (χ4n) is 4.00. The molecule has 9 nitrogen and oxygen atoms in total. The lowest BCUT2D eigenvalue weighted by atomic mass is 10.1. The summed E-state index contributed by atoms with van der Waals surface area (Å²) in [5, 5.41) is 4.70. The van der Waals surface area contributed by atoms with Crippen molar-refractivity contribution in [2.45, 2.75) is 6.54 Å². The predicted octanol–water partition coefficient (Wildman–Crippen LogP) is 2.34. The highest BCUT2D eigenvalue weighted by molar-refractivity contribution is 6.30. The Morgan fingerprint density at radius 1 is 0.969 bits per heavy atom. The molecule has 0 atom stereocenters. The van der Waals surface area contributed by atoms with Gasteiger partial charge in [0.05, 0.1) is 24.3 Å². The van der Waals surface area contributed by atoms with E-state index in [1.807, 2.05) is 12.1 Å². The van der Waals surface area contributed by atoms with E-state index in [2.05, 4.69) is 19.9 Å². The van der Waals surface area contributed by atoms with Gasteiger partial charge in [0, 0.05) is 42.5 Å². The van der Waals surface area contributed by atoms with Crippen molar-refractivity contribution in [3.8, 4) is 11.4 Å². The molecule has 5 rings (SSSR count). The molecule has 3 aromatic rings. The van der Waals surface area contributed by atoms with Crippen LogP contribution in [0.25, 0.3) is 11.4 Å². The second-order valence-corrected chi connectivity index (χ2v) is 8.30. The molecular formula is C22H21ClN6O3. The van der Waals surface area contributed by atoms with Crippen LogP contribution in [0.2, 0.25) is 5.02 Å². The number of hydrogen-bond acceptors (Lipinski definition) is 8. The van der Waals surface area contributed by atoms with Gasteiger partial charge in [-0.2, -0.15) is 4.98 Å². The number of fused-ring (bicyclic) bond motifs is 1. The number of aromatic nitrogens is 2. The first-order valence-electron chi connectivity index (χ1n) is 10.3. The Bertz CT molecular complexity index is 1170. The molecule has 0 radical (unpaired) electrons. The highest BCUT2D eigenvalue weighted by atomic mass is 35.5. The summed E-state index contributed by atoms with van der Waals surface area (Å²) in [6.07, 6.45) is 0. The lowest BCUT2D eigenvalue weighted by Gasteiger charge is -2.35. The number of nitrogen functional groups attached to an aromatic ring is 1. The lowest BCUT2D eigenvalue weighted by Crippen LogP contribution is -2.50. The molecule has 0 aliphatic carbocycles. The van der Waals surface area contributed by atoms with Crippen LogP contribution in [0.15, 0.2) is 47.0 Å². The van der Waals surface area contributed by atoms with Gasteiger partial charge < -0.3 is 10.3 Å². The van der Waals surface area contributed by atoms with Gasteiger partial charge in [-0.3, -0.25) is 24.3 Å². The molecule has 2 N–H and O–H groups in total. The van der Waals surface area contributed by atoms with Crippen LogP contribution in [0, 0.1) is 0 Å². The number of halogens is 1. The third-order valence-electron chi connectivity index (χ3n) is 5.77. The van der Waals surface area contributed by atoms with Crippen molar-refractivity contribution >= 4 is 29.1 Å². The molecule has 1 fully saturated rings. The number of rotatable bonds is 5. The van der Waals surface area contributed by atoms with Gasteiger partial charge in [-0.05, 0) is 36.4 Å². The summed E-state index contributed by atoms with van der Waals surface area (Å²) in [4.78, 5) is 35.4. The predicted molar refractivity (Wildman–Crippen MR) is 118 cm³/mol. The number of amides is 2. The van der Waals surface area contributed by atoms with Crippen LogP contribution in [0.5, 0.6) is 0 Å². The van der Waals surface area contributed by atoms with E-state index in [4.69, 9.17) is 21.9 Å². The fourth-order valence-corrected chi connectivity index (χ4v) is 4.13. The first kappa shape index (κ1) is 20.6. The molecule has 0 saturated carbocycles. The number of imide groups is 1. The number of carbonyl (C=O) groups is 2. The normalized spacial score (nSPS) is 17.2. The molecule has 2 aromatic carbocycles. The molecule has 2 aliphatic rings. The third kappa shape index (κ3) is 3.86. The van der Waals surface area contributed by atoms with Crippen molar-refractivity contribution in [2.24, 2.45) is 0 Å². The van der Waals surface area contributed by atoms with Crippen LogP contribution in [0.4, 0.5) is 5.69 Å². The molecule has 0 unspecified atom stereocenters. The van der Waals surface area contributed by atoms with Gasteiger partial charge >= 0.3 is 0 Å². The molecule has 1 saturated heterocycles. The summed E-state index contributed by atoms with van der Waals surface area (Å²) in [6.45, 7) is 3.72. The van der Waals surface area contributed by atoms with Crippen LogP contribution in [-0.4, -0.2) is 69.5 Å². The number of piperazine rings is 1. The minimum absolute atomic E-state index is 0.251. The standard InChI is InChI=1S/C22H21ClN6O3/c23-15-6-4-14(5-7-15)20-25-18(32-26-20)12-27-8-10-28(11-9-27)13-29-21(30)16-2-1-3-17(24)19(16)22(29)31/h1-7H,8-13,24H2. The number of benzene rings is 2. The van der Waals surface area contributed by atoms with Gasteiger partial charge in [0.25, 0.3) is 11.8 Å². The van der Waals surface area contributed by atoms with E-state index in [-0.39, 0.29) is 18.5 Å². The van der Waals surface area contributed by atoms with E-state index in [1.54, 1.807) is 30.3 Å². The minimum atomic E-state index is -0.328. The van der Waals surface area contributed by atoms with E-state index >= 15 is 0 Å². The Kier molecular flexibility index (Phi) is 5.38. The Morgan fingerprint density at radius 2 is 1.69 bits per heavy atom. The quantitative estimate of drug-likeness (QED) is 0.464. The maximum Gasteiger partial charge on any atom is 0.264 e. The highest BCUT2D eigenvalue weighted by Crippen LogP contribution is 2.28. The zero-order chi connectivity index (χ0) is 22.2. The smallest absolute Gasteiger partial charge is 0.264 e. The largest absolute Gasteiger partial charge is 0.398 e. The SMILES string of the molecule is Nc1cccc2c1C(=O)N(CN1CCN(Cc3nc(-c4ccc(Cl)cc4)no3)CC1)C2=O. The summed E-state index contributed by atoms with van der Waals surface area (Å²) < 4.78 is 5.40. The Hall–Kier alpha value is -3.27. The number of hydrogen-bond donors (Lipinski definition) is 1. The Balaban J connectivity index is 1.16. The summed E-state index contributed by atoms with van der Waals surface area (Å²) in [7, 11) is 0. The number of anilines is 1. The van der Waals surface area contributed by atoms with Crippen LogP contribution in [0.1, 0.15) is 26.6 Å². The van der Waals surface area contributed by atoms with E-state index in [0.29, 0.717) is 53.2 Å². The van der Waals surface area contributed by atoms with Crippen molar-refractivity contribution in [3.63, 3.8) is 0 Å². The Labute approximate surface area is 189 Å². The zero-order valence-electron chi connectivity index (χ0n) is 17.2. The molecule has 2 amide bonds. The monoisotopic (exact) mass is 452 g/mol. The van der Waals surface area contributed by atoms with Gasteiger partial charge in [-0.15, -0.1) is 0 Å². The van der Waals surface area contributed by atoms with Gasteiger partial charge in [0.2, 0.25) is 11.7 Å². The molecule has 10 heteroatoms. The van der Waals surface area contributed by atoms with E-state index < -0.39 is 0 Å². The van der Waals surface area contributed by atoms with Crippen molar-refractivity contribution in [2.75, 3.05) is 38.6 Å². The topological polar surface area (TPSA) is 109 Å². The Morgan fingerprint density at radius 3 is 2.41 bits per heavy atom. The summed E-state index contributed by atoms with van der Waals surface area (Å²) >= 11 is 5.92. The van der Waals surface area contributed by atoms with E-state index in [0.717, 1.165) is 18.7 Å². The molecule has 1 aromatic heterocycles.